The standard InChI is InChI=1S/C23H30N2O/c1-2-19-10-12-21(13-11-19)17-25(18-22-9-6-14-24-16-22)23(26)15-20-7-4-3-5-8-20/h6,9-14,16,20H,2-5,7-8,15,17-18H2,1H3. The van der Waals surface area contributed by atoms with Crippen LogP contribution >= 0.6 is 0 Å². The van der Waals surface area contributed by atoms with Crippen LogP contribution in [0.25, 0.3) is 0 Å². The van der Waals surface area contributed by atoms with Gasteiger partial charge in [-0.1, -0.05) is 56.5 Å². The second-order valence-electron chi connectivity index (χ2n) is 7.49. The van der Waals surface area contributed by atoms with Crippen LogP contribution in [0, 0.1) is 5.92 Å². The fourth-order valence-electron chi connectivity index (χ4n) is 3.81. The summed E-state index contributed by atoms with van der Waals surface area (Å²) in [4.78, 5) is 19.3. The average molecular weight is 351 g/mol. The molecule has 0 aliphatic heterocycles. The first-order valence-electron chi connectivity index (χ1n) is 9.99. The lowest BCUT2D eigenvalue weighted by molar-refractivity contribution is -0.133. The number of amides is 1. The van der Waals surface area contributed by atoms with Gasteiger partial charge in [0.05, 0.1) is 0 Å². The van der Waals surface area contributed by atoms with Gasteiger partial charge in [0.2, 0.25) is 5.91 Å². The average Bonchev–Trinajstić information content (AvgIpc) is 2.69. The van der Waals surface area contributed by atoms with Gasteiger partial charge in [-0.05, 0) is 47.9 Å². The van der Waals surface area contributed by atoms with Gasteiger partial charge in [-0.3, -0.25) is 9.78 Å². The number of carbonyl (C=O) groups excluding carboxylic acids is 1. The van der Waals surface area contributed by atoms with Crippen molar-refractivity contribution >= 4 is 5.91 Å². The summed E-state index contributed by atoms with van der Waals surface area (Å²) >= 11 is 0. The van der Waals surface area contributed by atoms with Gasteiger partial charge in [0.15, 0.2) is 0 Å². The third-order valence-electron chi connectivity index (χ3n) is 5.44. The summed E-state index contributed by atoms with van der Waals surface area (Å²) in [5.74, 6) is 0.843. The minimum Gasteiger partial charge on any atom is -0.334 e. The smallest absolute Gasteiger partial charge is 0.223 e. The van der Waals surface area contributed by atoms with Gasteiger partial charge in [0.25, 0.3) is 0 Å². The Morgan fingerprint density at radius 1 is 1.00 bits per heavy atom. The zero-order valence-electron chi connectivity index (χ0n) is 15.9. The molecular formula is C23H30N2O. The van der Waals surface area contributed by atoms with Gasteiger partial charge in [0, 0.05) is 31.9 Å². The Bertz CT molecular complexity index is 675. The van der Waals surface area contributed by atoms with Gasteiger partial charge in [0.1, 0.15) is 0 Å². The van der Waals surface area contributed by atoms with Crippen molar-refractivity contribution < 1.29 is 4.79 Å². The van der Waals surface area contributed by atoms with E-state index in [0.29, 0.717) is 25.4 Å². The number of hydrogen-bond donors (Lipinski definition) is 0. The fourth-order valence-corrected chi connectivity index (χ4v) is 3.81. The molecule has 0 unspecified atom stereocenters. The Labute approximate surface area is 157 Å². The SMILES string of the molecule is CCc1ccc(CN(Cc2cccnc2)C(=O)CC2CCCCC2)cc1. The quantitative estimate of drug-likeness (QED) is 0.692. The van der Waals surface area contributed by atoms with E-state index in [0.717, 1.165) is 12.0 Å². The van der Waals surface area contributed by atoms with Crippen molar-refractivity contribution in [2.24, 2.45) is 5.92 Å². The Morgan fingerprint density at radius 2 is 1.69 bits per heavy atom. The minimum atomic E-state index is 0.278. The monoisotopic (exact) mass is 350 g/mol. The molecule has 3 heteroatoms. The summed E-state index contributed by atoms with van der Waals surface area (Å²) < 4.78 is 0. The highest BCUT2D eigenvalue weighted by atomic mass is 16.2. The molecule has 0 atom stereocenters. The molecule has 3 rings (SSSR count). The van der Waals surface area contributed by atoms with Crippen molar-refractivity contribution in [1.82, 2.24) is 9.88 Å². The summed E-state index contributed by atoms with van der Waals surface area (Å²) in [6, 6.07) is 12.6. The van der Waals surface area contributed by atoms with Crippen LogP contribution in [-0.4, -0.2) is 15.8 Å². The molecular weight excluding hydrogens is 320 g/mol. The van der Waals surface area contributed by atoms with Crippen molar-refractivity contribution in [3.63, 3.8) is 0 Å². The molecule has 2 aromatic rings. The van der Waals surface area contributed by atoms with E-state index < -0.39 is 0 Å². The summed E-state index contributed by atoms with van der Waals surface area (Å²) in [7, 11) is 0. The zero-order chi connectivity index (χ0) is 18.2. The highest BCUT2D eigenvalue weighted by Crippen LogP contribution is 2.27. The highest BCUT2D eigenvalue weighted by molar-refractivity contribution is 5.76. The van der Waals surface area contributed by atoms with E-state index in [1.807, 2.05) is 23.2 Å². The minimum absolute atomic E-state index is 0.278. The largest absolute Gasteiger partial charge is 0.334 e. The summed E-state index contributed by atoms with van der Waals surface area (Å²) in [6.07, 6.45) is 11.7. The van der Waals surface area contributed by atoms with Crippen molar-refractivity contribution in [2.75, 3.05) is 0 Å². The number of hydrogen-bond acceptors (Lipinski definition) is 2. The van der Waals surface area contributed by atoms with Crippen LogP contribution in [0.2, 0.25) is 0 Å². The number of benzene rings is 1. The van der Waals surface area contributed by atoms with Gasteiger partial charge in [-0.25, -0.2) is 0 Å². The van der Waals surface area contributed by atoms with E-state index in [-0.39, 0.29) is 5.91 Å². The lowest BCUT2D eigenvalue weighted by atomic mass is 9.86. The highest BCUT2D eigenvalue weighted by Gasteiger charge is 2.21. The van der Waals surface area contributed by atoms with Crippen LogP contribution in [-0.2, 0) is 24.3 Å². The molecule has 1 aromatic heterocycles. The Morgan fingerprint density at radius 3 is 2.35 bits per heavy atom. The van der Waals surface area contributed by atoms with Crippen LogP contribution in [0.1, 0.15) is 62.1 Å². The maximum Gasteiger partial charge on any atom is 0.223 e. The Balaban J connectivity index is 1.70. The molecule has 1 amide bonds. The maximum absolute atomic E-state index is 13.0. The first-order valence-corrected chi connectivity index (χ1v) is 9.99. The number of pyridine rings is 1. The number of aromatic nitrogens is 1. The van der Waals surface area contributed by atoms with E-state index in [1.165, 1.54) is 43.2 Å². The van der Waals surface area contributed by atoms with Gasteiger partial charge in [-0.2, -0.15) is 0 Å². The Hall–Kier alpha value is -2.16. The molecule has 1 heterocycles. The van der Waals surface area contributed by atoms with E-state index >= 15 is 0 Å². The molecule has 1 saturated carbocycles. The molecule has 3 nitrogen and oxygen atoms in total. The van der Waals surface area contributed by atoms with Crippen molar-refractivity contribution in [3.8, 4) is 0 Å². The molecule has 0 saturated heterocycles. The normalized spacial score (nSPS) is 15.0. The Kier molecular flexibility index (Phi) is 6.82. The van der Waals surface area contributed by atoms with Crippen LogP contribution < -0.4 is 0 Å². The fraction of sp³-hybridized carbons (Fsp3) is 0.478. The van der Waals surface area contributed by atoms with Crippen molar-refractivity contribution in [2.45, 2.75) is 65.0 Å². The van der Waals surface area contributed by atoms with E-state index in [4.69, 9.17) is 0 Å². The molecule has 1 aliphatic carbocycles. The topological polar surface area (TPSA) is 33.2 Å². The van der Waals surface area contributed by atoms with Crippen LogP contribution in [0.5, 0.6) is 0 Å². The zero-order valence-corrected chi connectivity index (χ0v) is 15.9. The van der Waals surface area contributed by atoms with Gasteiger partial charge >= 0.3 is 0 Å². The van der Waals surface area contributed by atoms with Gasteiger partial charge < -0.3 is 4.90 Å². The first kappa shape index (κ1) is 18.6. The van der Waals surface area contributed by atoms with Crippen LogP contribution in [0.3, 0.4) is 0 Å². The predicted octanol–water partition coefficient (Wildman–Crippen LogP) is 5.14. The summed E-state index contributed by atoms with van der Waals surface area (Å²) in [6.45, 7) is 3.47. The summed E-state index contributed by atoms with van der Waals surface area (Å²) in [5, 5.41) is 0. The molecule has 26 heavy (non-hydrogen) atoms. The van der Waals surface area contributed by atoms with E-state index in [1.54, 1.807) is 6.20 Å². The third-order valence-corrected chi connectivity index (χ3v) is 5.44. The van der Waals surface area contributed by atoms with Gasteiger partial charge in [-0.15, -0.1) is 0 Å². The number of aryl methyl sites for hydroxylation is 1. The van der Waals surface area contributed by atoms with E-state index in [9.17, 15) is 4.79 Å². The van der Waals surface area contributed by atoms with Crippen LogP contribution in [0.15, 0.2) is 48.8 Å². The molecule has 0 spiro atoms. The number of nitrogens with zero attached hydrogens (tertiary/aromatic N) is 2. The molecule has 1 aliphatic rings. The second-order valence-corrected chi connectivity index (χ2v) is 7.49. The third kappa shape index (κ3) is 5.42. The van der Waals surface area contributed by atoms with Crippen molar-refractivity contribution in [1.29, 1.82) is 0 Å². The van der Waals surface area contributed by atoms with Crippen LogP contribution in [0.4, 0.5) is 0 Å². The number of rotatable bonds is 7. The van der Waals surface area contributed by atoms with E-state index in [2.05, 4.69) is 36.2 Å². The predicted molar refractivity (Wildman–Crippen MR) is 106 cm³/mol. The second kappa shape index (κ2) is 9.51. The number of carbonyl (C=O) groups is 1. The lowest BCUT2D eigenvalue weighted by Gasteiger charge is -2.27. The van der Waals surface area contributed by atoms with Crippen molar-refractivity contribution in [3.05, 3.63) is 65.5 Å². The molecule has 138 valence electrons. The molecule has 0 bridgehead atoms. The first-order chi connectivity index (χ1) is 12.7. The maximum atomic E-state index is 13.0. The molecule has 1 aromatic carbocycles. The lowest BCUT2D eigenvalue weighted by Crippen LogP contribution is -2.32. The summed E-state index contributed by atoms with van der Waals surface area (Å²) in [5.41, 5.74) is 3.62. The molecule has 0 radical (unpaired) electrons. The molecule has 1 fully saturated rings. The molecule has 0 N–H and O–H groups in total.